The number of pyridine rings is 1. The first-order valence-electron chi connectivity index (χ1n) is 5.31. The minimum atomic E-state index is 0.0902. The van der Waals surface area contributed by atoms with E-state index in [-0.39, 0.29) is 6.04 Å². The number of rotatable bonds is 3. The zero-order valence-electron chi connectivity index (χ0n) is 9.81. The maximum atomic E-state index is 4.54. The van der Waals surface area contributed by atoms with E-state index < -0.39 is 0 Å². The molecule has 2 rings (SSSR count). The Bertz CT molecular complexity index is 475. The van der Waals surface area contributed by atoms with Gasteiger partial charge in [0, 0.05) is 18.9 Å². The molecule has 2 aromatic heterocycles. The molecule has 0 aromatic carbocycles. The van der Waals surface area contributed by atoms with Crippen LogP contribution in [-0.4, -0.2) is 21.8 Å². The Morgan fingerprint density at radius 2 is 2.12 bits per heavy atom. The molecule has 0 saturated heterocycles. The van der Waals surface area contributed by atoms with Gasteiger partial charge < -0.3 is 5.32 Å². The van der Waals surface area contributed by atoms with Crippen LogP contribution in [0.1, 0.15) is 23.1 Å². The lowest BCUT2D eigenvalue weighted by Gasteiger charge is -2.16. The van der Waals surface area contributed by atoms with E-state index in [9.17, 15) is 0 Å². The zero-order valence-corrected chi connectivity index (χ0v) is 9.81. The van der Waals surface area contributed by atoms with Crippen LogP contribution in [0, 0.1) is 6.92 Å². The molecule has 0 amide bonds. The second-order valence-electron chi connectivity index (χ2n) is 3.81. The molecule has 0 aliphatic heterocycles. The summed E-state index contributed by atoms with van der Waals surface area (Å²) in [6.07, 6.45) is 1.80. The Morgan fingerprint density at radius 1 is 1.31 bits per heavy atom. The lowest BCUT2D eigenvalue weighted by atomic mass is 10.1. The Balaban J connectivity index is 2.40. The Morgan fingerprint density at radius 3 is 2.69 bits per heavy atom. The van der Waals surface area contributed by atoms with Crippen LogP contribution in [0.3, 0.4) is 0 Å². The van der Waals surface area contributed by atoms with Crippen LogP contribution < -0.4 is 5.32 Å². The summed E-state index contributed by atoms with van der Waals surface area (Å²) in [7, 11) is 3.87. The van der Waals surface area contributed by atoms with E-state index in [2.05, 4.69) is 15.4 Å². The van der Waals surface area contributed by atoms with Gasteiger partial charge in [-0.05, 0) is 32.2 Å². The first-order valence-corrected chi connectivity index (χ1v) is 5.31. The van der Waals surface area contributed by atoms with E-state index in [4.69, 9.17) is 0 Å². The molecule has 0 spiro atoms. The molecule has 0 fully saturated rings. The van der Waals surface area contributed by atoms with Gasteiger partial charge in [-0.3, -0.25) is 9.67 Å². The predicted molar refractivity (Wildman–Crippen MR) is 63.1 cm³/mol. The Kier molecular flexibility index (Phi) is 3.01. The van der Waals surface area contributed by atoms with Crippen LogP contribution in [0.2, 0.25) is 0 Å². The highest BCUT2D eigenvalue weighted by atomic mass is 15.3. The molecule has 1 unspecified atom stereocenters. The molecule has 0 aliphatic carbocycles. The summed E-state index contributed by atoms with van der Waals surface area (Å²) in [6.45, 7) is 2.00. The first-order chi connectivity index (χ1) is 7.72. The largest absolute Gasteiger partial charge is 0.307 e. The minimum absolute atomic E-state index is 0.0902. The fourth-order valence-corrected chi connectivity index (χ4v) is 1.84. The molecule has 1 N–H and O–H groups in total. The highest BCUT2D eigenvalue weighted by Crippen LogP contribution is 2.19. The van der Waals surface area contributed by atoms with Crippen LogP contribution in [0.4, 0.5) is 0 Å². The quantitative estimate of drug-likeness (QED) is 0.844. The van der Waals surface area contributed by atoms with Crippen LogP contribution in [0.15, 0.2) is 30.5 Å². The Labute approximate surface area is 95.3 Å². The molecule has 1 atom stereocenters. The number of hydrogen-bond donors (Lipinski definition) is 1. The third-order valence-electron chi connectivity index (χ3n) is 2.65. The highest BCUT2D eigenvalue weighted by Gasteiger charge is 2.16. The van der Waals surface area contributed by atoms with Crippen molar-refractivity contribution in [1.29, 1.82) is 0 Å². The average molecular weight is 216 g/mol. The van der Waals surface area contributed by atoms with Crippen molar-refractivity contribution in [3.63, 3.8) is 0 Å². The van der Waals surface area contributed by atoms with E-state index in [0.717, 1.165) is 17.1 Å². The van der Waals surface area contributed by atoms with Crippen LogP contribution in [0.5, 0.6) is 0 Å². The van der Waals surface area contributed by atoms with Crippen LogP contribution >= 0.6 is 0 Å². The summed E-state index contributed by atoms with van der Waals surface area (Å²) in [5.74, 6) is 0. The van der Waals surface area contributed by atoms with E-state index in [0.29, 0.717) is 0 Å². The van der Waals surface area contributed by atoms with E-state index in [1.54, 1.807) is 6.20 Å². The van der Waals surface area contributed by atoms with Crippen molar-refractivity contribution in [2.24, 2.45) is 7.05 Å². The van der Waals surface area contributed by atoms with Crippen molar-refractivity contribution < 1.29 is 0 Å². The minimum Gasteiger partial charge on any atom is -0.307 e. The van der Waals surface area contributed by atoms with Crippen molar-refractivity contribution >= 4 is 0 Å². The fourth-order valence-electron chi connectivity index (χ4n) is 1.84. The third-order valence-corrected chi connectivity index (χ3v) is 2.65. The normalized spacial score (nSPS) is 12.7. The molecule has 2 aromatic rings. The van der Waals surface area contributed by atoms with Crippen molar-refractivity contribution in [3.05, 3.63) is 47.5 Å². The molecule has 84 valence electrons. The second kappa shape index (κ2) is 4.45. The molecular formula is C12H16N4. The van der Waals surface area contributed by atoms with Crippen molar-refractivity contribution in [3.8, 4) is 0 Å². The number of nitrogens with zero attached hydrogens (tertiary/aromatic N) is 3. The monoisotopic (exact) mass is 216 g/mol. The first kappa shape index (κ1) is 10.8. The van der Waals surface area contributed by atoms with Gasteiger partial charge in [0.15, 0.2) is 0 Å². The van der Waals surface area contributed by atoms with Crippen molar-refractivity contribution in [2.75, 3.05) is 7.05 Å². The molecule has 0 radical (unpaired) electrons. The number of aryl methyl sites for hydroxylation is 2. The molecule has 0 aliphatic rings. The summed E-state index contributed by atoms with van der Waals surface area (Å²) in [4.78, 5) is 4.54. The number of aromatic nitrogens is 3. The van der Waals surface area contributed by atoms with Gasteiger partial charge in [-0.15, -0.1) is 0 Å². The summed E-state index contributed by atoms with van der Waals surface area (Å²) in [5.41, 5.74) is 3.16. The number of nitrogens with one attached hydrogen (secondary N) is 1. The predicted octanol–water partition coefficient (Wildman–Crippen LogP) is 1.43. The Hall–Kier alpha value is -1.68. The van der Waals surface area contributed by atoms with Gasteiger partial charge in [-0.2, -0.15) is 5.10 Å². The van der Waals surface area contributed by atoms with Gasteiger partial charge in [0.25, 0.3) is 0 Å². The van der Waals surface area contributed by atoms with Gasteiger partial charge in [-0.25, -0.2) is 0 Å². The second-order valence-corrected chi connectivity index (χ2v) is 3.81. The highest BCUT2D eigenvalue weighted by molar-refractivity contribution is 5.22. The topological polar surface area (TPSA) is 42.7 Å². The maximum absolute atomic E-state index is 4.54. The average Bonchev–Trinajstić information content (AvgIpc) is 2.67. The molecule has 0 bridgehead atoms. The van der Waals surface area contributed by atoms with Crippen molar-refractivity contribution in [2.45, 2.75) is 13.0 Å². The molecule has 16 heavy (non-hydrogen) atoms. The maximum Gasteiger partial charge on any atom is 0.0919 e. The molecule has 4 heteroatoms. The number of hydrogen-bond acceptors (Lipinski definition) is 3. The lowest BCUT2D eigenvalue weighted by Crippen LogP contribution is -2.21. The molecule has 4 nitrogen and oxygen atoms in total. The van der Waals surface area contributed by atoms with E-state index in [1.165, 1.54) is 0 Å². The summed E-state index contributed by atoms with van der Waals surface area (Å²) < 4.78 is 1.87. The van der Waals surface area contributed by atoms with Gasteiger partial charge >= 0.3 is 0 Å². The standard InChI is InChI=1S/C12H16N4/c1-9-5-4-6-10(15-9)12(13-2)11-7-8-14-16(11)3/h4-8,12-13H,1-3H3. The van der Waals surface area contributed by atoms with Gasteiger partial charge in [0.2, 0.25) is 0 Å². The third kappa shape index (κ3) is 1.97. The lowest BCUT2D eigenvalue weighted by molar-refractivity contribution is 0.593. The van der Waals surface area contributed by atoms with Gasteiger partial charge in [0.1, 0.15) is 0 Å². The van der Waals surface area contributed by atoms with Crippen molar-refractivity contribution in [1.82, 2.24) is 20.1 Å². The van der Waals surface area contributed by atoms with Crippen LogP contribution in [0.25, 0.3) is 0 Å². The van der Waals surface area contributed by atoms with Gasteiger partial charge in [0.05, 0.1) is 17.4 Å². The molecule has 2 heterocycles. The molecular weight excluding hydrogens is 200 g/mol. The van der Waals surface area contributed by atoms with E-state index >= 15 is 0 Å². The van der Waals surface area contributed by atoms with Crippen LogP contribution in [-0.2, 0) is 7.05 Å². The zero-order chi connectivity index (χ0) is 11.5. The molecule has 0 saturated carbocycles. The summed E-state index contributed by atoms with van der Waals surface area (Å²) in [5, 5.41) is 7.45. The summed E-state index contributed by atoms with van der Waals surface area (Å²) >= 11 is 0. The smallest absolute Gasteiger partial charge is 0.0919 e. The SMILES string of the molecule is CNC(c1cccc(C)n1)c1ccnn1C. The summed E-state index contributed by atoms with van der Waals surface area (Å²) in [6, 6.07) is 8.15. The van der Waals surface area contributed by atoms with E-state index in [1.807, 2.05) is 50.0 Å². The fraction of sp³-hybridized carbons (Fsp3) is 0.333. The van der Waals surface area contributed by atoms with Gasteiger partial charge in [-0.1, -0.05) is 6.07 Å².